The monoisotopic (exact) mass is 304 g/mol. The first-order valence-corrected chi connectivity index (χ1v) is 6.87. The Labute approximate surface area is 123 Å². The lowest BCUT2D eigenvalue weighted by molar-refractivity contribution is -0.127. The summed E-state index contributed by atoms with van der Waals surface area (Å²) >= 11 is 12.0. The zero-order chi connectivity index (χ0) is 14.4. The number of carbonyl (C=O) groups excluding carboxylic acids is 1. The maximum Gasteiger partial charge on any atom is 0.260 e. The van der Waals surface area contributed by atoms with Crippen LogP contribution < -0.4 is 15.8 Å². The van der Waals surface area contributed by atoms with E-state index in [4.69, 9.17) is 33.7 Å². The Morgan fingerprint density at radius 1 is 1.47 bits per heavy atom. The van der Waals surface area contributed by atoms with Gasteiger partial charge in [-0.1, -0.05) is 30.1 Å². The molecular weight excluding hydrogens is 287 g/mol. The smallest absolute Gasteiger partial charge is 0.260 e. The fraction of sp³-hybridized carbons (Fsp3) is 0.462. The SMILES string of the molecule is CCCNC(=O)C(C)Oc1c(Cl)cc(Cl)cc1CN. The van der Waals surface area contributed by atoms with Gasteiger partial charge >= 0.3 is 0 Å². The van der Waals surface area contributed by atoms with Gasteiger partial charge in [0.2, 0.25) is 0 Å². The van der Waals surface area contributed by atoms with Crippen molar-refractivity contribution in [2.75, 3.05) is 6.54 Å². The third-order valence-corrected chi connectivity index (χ3v) is 3.02. The van der Waals surface area contributed by atoms with Gasteiger partial charge in [-0.2, -0.15) is 0 Å². The largest absolute Gasteiger partial charge is 0.479 e. The minimum absolute atomic E-state index is 0.184. The maximum atomic E-state index is 11.7. The van der Waals surface area contributed by atoms with Crippen molar-refractivity contribution in [3.8, 4) is 5.75 Å². The number of amides is 1. The Morgan fingerprint density at radius 2 is 2.16 bits per heavy atom. The van der Waals surface area contributed by atoms with Crippen LogP contribution in [0, 0.1) is 0 Å². The van der Waals surface area contributed by atoms with E-state index in [1.165, 1.54) is 0 Å². The van der Waals surface area contributed by atoms with E-state index < -0.39 is 6.10 Å². The Kier molecular flexibility index (Phi) is 6.42. The highest BCUT2D eigenvalue weighted by molar-refractivity contribution is 6.35. The molecule has 4 nitrogen and oxygen atoms in total. The zero-order valence-electron chi connectivity index (χ0n) is 11.0. The van der Waals surface area contributed by atoms with E-state index in [1.54, 1.807) is 19.1 Å². The van der Waals surface area contributed by atoms with E-state index in [0.717, 1.165) is 6.42 Å². The van der Waals surface area contributed by atoms with Gasteiger partial charge in [-0.05, 0) is 25.5 Å². The normalized spacial score (nSPS) is 12.1. The zero-order valence-corrected chi connectivity index (χ0v) is 12.5. The van der Waals surface area contributed by atoms with Gasteiger partial charge in [0.15, 0.2) is 6.10 Å². The van der Waals surface area contributed by atoms with Crippen LogP contribution in [-0.2, 0) is 11.3 Å². The summed E-state index contributed by atoms with van der Waals surface area (Å²) in [7, 11) is 0. The highest BCUT2D eigenvalue weighted by Gasteiger charge is 2.18. The van der Waals surface area contributed by atoms with Crippen LogP contribution in [0.5, 0.6) is 5.75 Å². The summed E-state index contributed by atoms with van der Waals surface area (Å²) in [4.78, 5) is 11.7. The summed E-state index contributed by atoms with van der Waals surface area (Å²) in [6.07, 6.45) is 0.226. The third-order valence-electron chi connectivity index (χ3n) is 2.52. The highest BCUT2D eigenvalue weighted by atomic mass is 35.5. The molecule has 0 saturated heterocycles. The molecule has 3 N–H and O–H groups in total. The molecule has 0 heterocycles. The fourth-order valence-electron chi connectivity index (χ4n) is 1.52. The summed E-state index contributed by atoms with van der Waals surface area (Å²) in [5.74, 6) is 0.226. The van der Waals surface area contributed by atoms with Crippen LogP contribution in [0.3, 0.4) is 0 Å². The van der Waals surface area contributed by atoms with Gasteiger partial charge in [0.25, 0.3) is 5.91 Å². The van der Waals surface area contributed by atoms with Gasteiger partial charge in [0, 0.05) is 23.7 Å². The molecule has 1 aromatic rings. The van der Waals surface area contributed by atoms with Crippen molar-refractivity contribution in [3.05, 3.63) is 27.7 Å². The molecule has 0 aromatic heterocycles. The Hall–Kier alpha value is -0.970. The predicted octanol–water partition coefficient (Wildman–Crippen LogP) is 2.75. The molecular formula is C13H18Cl2N2O2. The molecule has 1 amide bonds. The lowest BCUT2D eigenvalue weighted by Gasteiger charge is -2.18. The van der Waals surface area contributed by atoms with E-state index >= 15 is 0 Å². The average Bonchev–Trinajstić information content (AvgIpc) is 2.38. The molecule has 1 unspecified atom stereocenters. The van der Waals surface area contributed by atoms with Gasteiger partial charge < -0.3 is 15.8 Å². The standard InChI is InChI=1S/C13H18Cl2N2O2/c1-3-4-17-13(18)8(2)19-12-9(7-16)5-10(14)6-11(12)15/h5-6,8H,3-4,7,16H2,1-2H3,(H,17,18). The lowest BCUT2D eigenvalue weighted by atomic mass is 10.2. The number of ether oxygens (including phenoxy) is 1. The maximum absolute atomic E-state index is 11.7. The van der Waals surface area contributed by atoms with E-state index in [0.29, 0.717) is 27.9 Å². The van der Waals surface area contributed by atoms with Crippen LogP contribution in [0.1, 0.15) is 25.8 Å². The van der Waals surface area contributed by atoms with Crippen LogP contribution in [0.15, 0.2) is 12.1 Å². The van der Waals surface area contributed by atoms with E-state index in [-0.39, 0.29) is 12.5 Å². The summed E-state index contributed by atoms with van der Waals surface area (Å²) < 4.78 is 5.60. The molecule has 1 atom stereocenters. The molecule has 0 bridgehead atoms. The fourth-order valence-corrected chi connectivity index (χ4v) is 2.10. The molecule has 19 heavy (non-hydrogen) atoms. The van der Waals surface area contributed by atoms with Gasteiger partial charge in [-0.3, -0.25) is 4.79 Å². The van der Waals surface area contributed by atoms with E-state index in [2.05, 4.69) is 5.32 Å². The van der Waals surface area contributed by atoms with Crippen LogP contribution in [0.4, 0.5) is 0 Å². The van der Waals surface area contributed by atoms with Gasteiger partial charge in [0.05, 0.1) is 5.02 Å². The van der Waals surface area contributed by atoms with Gasteiger partial charge in [-0.25, -0.2) is 0 Å². The van der Waals surface area contributed by atoms with E-state index in [1.807, 2.05) is 6.92 Å². The summed E-state index contributed by atoms with van der Waals surface area (Å²) in [6, 6.07) is 3.24. The van der Waals surface area contributed by atoms with Crippen molar-refractivity contribution in [1.29, 1.82) is 0 Å². The molecule has 6 heteroatoms. The van der Waals surface area contributed by atoms with Crippen molar-refractivity contribution < 1.29 is 9.53 Å². The molecule has 1 rings (SSSR count). The van der Waals surface area contributed by atoms with Gasteiger partial charge in [-0.15, -0.1) is 0 Å². The lowest BCUT2D eigenvalue weighted by Crippen LogP contribution is -2.36. The first-order chi connectivity index (χ1) is 8.99. The molecule has 1 aromatic carbocycles. The molecule has 0 aliphatic heterocycles. The van der Waals surface area contributed by atoms with Gasteiger partial charge in [0.1, 0.15) is 5.75 Å². The number of hydrogen-bond donors (Lipinski definition) is 2. The number of hydrogen-bond acceptors (Lipinski definition) is 3. The molecule has 0 spiro atoms. The minimum Gasteiger partial charge on any atom is -0.479 e. The van der Waals surface area contributed by atoms with Crippen molar-refractivity contribution >= 4 is 29.1 Å². The topological polar surface area (TPSA) is 64.3 Å². The summed E-state index contributed by atoms with van der Waals surface area (Å²) in [6.45, 7) is 4.49. The van der Waals surface area contributed by atoms with Crippen LogP contribution >= 0.6 is 23.2 Å². The Balaban J connectivity index is 2.84. The Morgan fingerprint density at radius 3 is 2.74 bits per heavy atom. The van der Waals surface area contributed by atoms with Crippen molar-refractivity contribution in [2.45, 2.75) is 32.9 Å². The second-order valence-electron chi connectivity index (χ2n) is 4.13. The summed E-state index contributed by atoms with van der Waals surface area (Å²) in [5.41, 5.74) is 6.30. The minimum atomic E-state index is -0.643. The second-order valence-corrected chi connectivity index (χ2v) is 4.97. The number of benzene rings is 1. The van der Waals surface area contributed by atoms with Crippen LogP contribution in [0.25, 0.3) is 0 Å². The molecule has 0 radical (unpaired) electrons. The second kappa shape index (κ2) is 7.58. The third kappa shape index (κ3) is 4.56. The van der Waals surface area contributed by atoms with Crippen molar-refractivity contribution in [2.24, 2.45) is 5.73 Å². The molecule has 106 valence electrons. The quantitative estimate of drug-likeness (QED) is 0.849. The predicted molar refractivity (Wildman–Crippen MR) is 77.7 cm³/mol. The van der Waals surface area contributed by atoms with Crippen LogP contribution in [0.2, 0.25) is 10.0 Å². The molecule has 0 aliphatic carbocycles. The number of nitrogens with one attached hydrogen (secondary N) is 1. The molecule has 0 aliphatic rings. The number of nitrogens with two attached hydrogens (primary N) is 1. The van der Waals surface area contributed by atoms with E-state index in [9.17, 15) is 4.79 Å². The number of rotatable bonds is 6. The van der Waals surface area contributed by atoms with Crippen LogP contribution in [-0.4, -0.2) is 18.6 Å². The van der Waals surface area contributed by atoms with Crippen molar-refractivity contribution in [3.63, 3.8) is 0 Å². The first kappa shape index (κ1) is 16.1. The average molecular weight is 305 g/mol. The Bertz CT molecular complexity index is 453. The number of halogens is 2. The molecule has 0 saturated carbocycles. The first-order valence-electron chi connectivity index (χ1n) is 6.12. The van der Waals surface area contributed by atoms with Crippen molar-refractivity contribution in [1.82, 2.24) is 5.32 Å². The highest BCUT2D eigenvalue weighted by Crippen LogP contribution is 2.32. The summed E-state index contributed by atoms with van der Waals surface area (Å²) in [5, 5.41) is 3.59. The number of carbonyl (C=O) groups is 1. The molecule has 0 fully saturated rings.